The summed E-state index contributed by atoms with van der Waals surface area (Å²) in [4.78, 5) is 14.3. The van der Waals surface area contributed by atoms with Gasteiger partial charge in [0.05, 0.1) is 4.90 Å². The fourth-order valence-electron chi connectivity index (χ4n) is 2.46. The highest BCUT2D eigenvalue weighted by Crippen LogP contribution is 2.26. The van der Waals surface area contributed by atoms with Crippen LogP contribution in [0.4, 0.5) is 0 Å². The Kier molecular flexibility index (Phi) is 4.22. The van der Waals surface area contributed by atoms with Gasteiger partial charge in [0.2, 0.25) is 10.0 Å². The zero-order valence-corrected chi connectivity index (χ0v) is 13.8. The van der Waals surface area contributed by atoms with Gasteiger partial charge in [0.15, 0.2) is 0 Å². The molecule has 110 valence electrons. The van der Waals surface area contributed by atoms with Crippen molar-refractivity contribution in [3.63, 3.8) is 0 Å². The molecular formula is C13H17BrN2O3S. The number of carbonyl (C=O) groups is 1. The topological polar surface area (TPSA) is 80.5 Å². The molecule has 0 bridgehead atoms. The second-order valence-electron chi connectivity index (χ2n) is 5.27. The van der Waals surface area contributed by atoms with Gasteiger partial charge in [0.25, 0.3) is 5.91 Å². The van der Waals surface area contributed by atoms with Crippen LogP contribution in [0.1, 0.15) is 29.3 Å². The van der Waals surface area contributed by atoms with E-state index in [-0.39, 0.29) is 10.8 Å². The van der Waals surface area contributed by atoms with Crippen molar-refractivity contribution in [1.29, 1.82) is 0 Å². The summed E-state index contributed by atoms with van der Waals surface area (Å²) in [6.45, 7) is 5.11. The normalized spacial score (nSPS) is 19.4. The molecule has 0 radical (unpaired) electrons. The molecule has 0 saturated carbocycles. The van der Waals surface area contributed by atoms with E-state index < -0.39 is 10.0 Å². The largest absolute Gasteiger partial charge is 0.338 e. The van der Waals surface area contributed by atoms with Crippen LogP contribution < -0.4 is 5.14 Å². The minimum absolute atomic E-state index is 0.0116. The zero-order chi connectivity index (χ0) is 15.1. The lowest BCUT2D eigenvalue weighted by molar-refractivity contribution is 0.0787. The van der Waals surface area contributed by atoms with Crippen molar-refractivity contribution in [2.24, 2.45) is 11.1 Å². The lowest BCUT2D eigenvalue weighted by Gasteiger charge is -2.18. The molecule has 1 aromatic rings. The van der Waals surface area contributed by atoms with Crippen molar-refractivity contribution in [2.75, 3.05) is 13.1 Å². The number of hydrogen-bond acceptors (Lipinski definition) is 3. The molecule has 20 heavy (non-hydrogen) atoms. The van der Waals surface area contributed by atoms with Crippen LogP contribution in [0.5, 0.6) is 0 Å². The summed E-state index contributed by atoms with van der Waals surface area (Å²) >= 11 is 3.24. The van der Waals surface area contributed by atoms with Crippen LogP contribution in [0.25, 0.3) is 0 Å². The van der Waals surface area contributed by atoms with Crippen molar-refractivity contribution in [3.05, 3.63) is 27.7 Å². The van der Waals surface area contributed by atoms with E-state index in [0.717, 1.165) is 6.42 Å². The molecule has 1 aromatic carbocycles. The second kappa shape index (κ2) is 5.46. The first kappa shape index (κ1) is 15.5. The molecule has 0 spiro atoms. The Hall–Kier alpha value is -0.920. The number of likely N-dealkylation sites (tertiary alicyclic amines) is 1. The average Bonchev–Trinajstić information content (AvgIpc) is 2.76. The van der Waals surface area contributed by atoms with Crippen molar-refractivity contribution >= 4 is 31.9 Å². The molecular weight excluding hydrogens is 344 g/mol. The van der Waals surface area contributed by atoms with Gasteiger partial charge in [-0.2, -0.15) is 0 Å². The maximum atomic E-state index is 12.5. The summed E-state index contributed by atoms with van der Waals surface area (Å²) in [5, 5.41) is 5.20. The van der Waals surface area contributed by atoms with Crippen LogP contribution in [0.2, 0.25) is 0 Å². The maximum absolute atomic E-state index is 12.5. The van der Waals surface area contributed by atoms with E-state index in [1.807, 2.05) is 0 Å². The maximum Gasteiger partial charge on any atom is 0.254 e. The first-order valence-corrected chi connectivity index (χ1v) is 8.66. The summed E-state index contributed by atoms with van der Waals surface area (Å²) in [6.07, 6.45) is 0.973. The molecule has 2 N–H and O–H groups in total. The number of nitrogens with two attached hydrogens (primary N) is 1. The van der Waals surface area contributed by atoms with E-state index in [0.29, 0.717) is 34.6 Å². The van der Waals surface area contributed by atoms with E-state index in [1.54, 1.807) is 17.9 Å². The van der Waals surface area contributed by atoms with Crippen LogP contribution in [0.15, 0.2) is 21.5 Å². The van der Waals surface area contributed by atoms with Crippen LogP contribution in [0.3, 0.4) is 0 Å². The summed E-state index contributed by atoms with van der Waals surface area (Å²) in [6, 6.07) is 3.07. The van der Waals surface area contributed by atoms with Crippen LogP contribution in [-0.4, -0.2) is 32.3 Å². The zero-order valence-electron chi connectivity index (χ0n) is 11.4. The summed E-state index contributed by atoms with van der Waals surface area (Å²) < 4.78 is 23.7. The summed E-state index contributed by atoms with van der Waals surface area (Å²) in [5.74, 6) is 0.335. The molecule has 1 fully saturated rings. The van der Waals surface area contributed by atoms with Gasteiger partial charge < -0.3 is 4.90 Å². The van der Waals surface area contributed by atoms with Crippen molar-refractivity contribution in [3.8, 4) is 0 Å². The molecule has 0 aromatic heterocycles. The fourth-order valence-corrected chi connectivity index (χ4v) is 3.90. The molecule has 2 rings (SSSR count). The SMILES string of the molecule is Cc1c(C(=O)N2CCC(C)C2)cc(Br)cc1S(N)(=O)=O. The molecule has 1 amide bonds. The van der Waals surface area contributed by atoms with Crippen LogP contribution >= 0.6 is 15.9 Å². The number of carbonyl (C=O) groups excluding carboxylic acids is 1. The monoisotopic (exact) mass is 360 g/mol. The molecule has 5 nitrogen and oxygen atoms in total. The predicted molar refractivity (Wildman–Crippen MR) is 79.9 cm³/mol. The standard InChI is InChI=1S/C13H17BrN2O3S/c1-8-3-4-16(7-8)13(17)11-5-10(14)6-12(9(11)2)20(15,18)19/h5-6,8H,3-4,7H2,1-2H3,(H2,15,18,19). The Morgan fingerprint density at radius 1 is 1.45 bits per heavy atom. The number of primary sulfonamides is 1. The van der Waals surface area contributed by atoms with E-state index in [1.165, 1.54) is 6.07 Å². The Bertz CT molecular complexity index is 658. The summed E-state index contributed by atoms with van der Waals surface area (Å²) in [7, 11) is -3.85. The number of sulfonamides is 1. The highest BCUT2D eigenvalue weighted by Gasteiger charge is 2.27. The molecule has 1 aliphatic heterocycles. The van der Waals surface area contributed by atoms with Gasteiger partial charge in [-0.05, 0) is 37.0 Å². The van der Waals surface area contributed by atoms with Crippen molar-refractivity contribution in [2.45, 2.75) is 25.2 Å². The van der Waals surface area contributed by atoms with Gasteiger partial charge >= 0.3 is 0 Å². The smallest absolute Gasteiger partial charge is 0.254 e. The Morgan fingerprint density at radius 2 is 2.10 bits per heavy atom. The molecule has 1 aliphatic rings. The minimum Gasteiger partial charge on any atom is -0.338 e. The number of nitrogens with zero attached hydrogens (tertiary/aromatic N) is 1. The van der Waals surface area contributed by atoms with Crippen molar-refractivity contribution < 1.29 is 13.2 Å². The van der Waals surface area contributed by atoms with Gasteiger partial charge in [-0.15, -0.1) is 0 Å². The third-order valence-electron chi connectivity index (χ3n) is 3.57. The lowest BCUT2D eigenvalue weighted by Crippen LogP contribution is -2.29. The Balaban J connectivity index is 2.47. The molecule has 7 heteroatoms. The average molecular weight is 361 g/mol. The van der Waals surface area contributed by atoms with Gasteiger partial charge in [-0.3, -0.25) is 4.79 Å². The van der Waals surface area contributed by atoms with E-state index >= 15 is 0 Å². The number of hydrogen-bond donors (Lipinski definition) is 1. The highest BCUT2D eigenvalue weighted by molar-refractivity contribution is 9.10. The number of benzene rings is 1. The number of rotatable bonds is 2. The van der Waals surface area contributed by atoms with Crippen LogP contribution in [-0.2, 0) is 10.0 Å². The Labute approximate surface area is 127 Å². The first-order chi connectivity index (χ1) is 9.20. The van der Waals surface area contributed by atoms with Gasteiger partial charge in [0, 0.05) is 23.1 Å². The third kappa shape index (κ3) is 3.05. The van der Waals surface area contributed by atoms with Gasteiger partial charge in [-0.25, -0.2) is 13.6 Å². The molecule has 0 aliphatic carbocycles. The minimum atomic E-state index is -3.85. The second-order valence-corrected chi connectivity index (χ2v) is 7.71. The molecule has 1 atom stereocenters. The summed E-state index contributed by atoms with van der Waals surface area (Å²) in [5.41, 5.74) is 0.790. The predicted octanol–water partition coefficient (Wildman–Crippen LogP) is 1.89. The van der Waals surface area contributed by atoms with E-state index in [9.17, 15) is 13.2 Å². The fraction of sp³-hybridized carbons (Fsp3) is 0.462. The molecule has 1 unspecified atom stereocenters. The third-order valence-corrected chi connectivity index (χ3v) is 5.07. The first-order valence-electron chi connectivity index (χ1n) is 6.32. The number of halogens is 1. The van der Waals surface area contributed by atoms with Gasteiger partial charge in [-0.1, -0.05) is 22.9 Å². The lowest BCUT2D eigenvalue weighted by atomic mass is 10.1. The van der Waals surface area contributed by atoms with Gasteiger partial charge in [0.1, 0.15) is 0 Å². The molecule has 1 heterocycles. The van der Waals surface area contributed by atoms with E-state index in [2.05, 4.69) is 22.9 Å². The van der Waals surface area contributed by atoms with E-state index in [4.69, 9.17) is 5.14 Å². The van der Waals surface area contributed by atoms with Crippen molar-refractivity contribution in [1.82, 2.24) is 4.90 Å². The highest BCUT2D eigenvalue weighted by atomic mass is 79.9. The number of amides is 1. The Morgan fingerprint density at radius 3 is 2.60 bits per heavy atom. The quantitative estimate of drug-likeness (QED) is 0.874. The van der Waals surface area contributed by atoms with Crippen LogP contribution in [0, 0.1) is 12.8 Å². The molecule has 1 saturated heterocycles.